The molecule has 2 atom stereocenters. The third kappa shape index (κ3) is 6.56. The molecular weight excluding hydrogens is 300 g/mol. The maximum atomic E-state index is 12.2. The van der Waals surface area contributed by atoms with Crippen LogP contribution in [0.25, 0.3) is 0 Å². The Morgan fingerprint density at radius 1 is 1.17 bits per heavy atom. The minimum Gasteiger partial charge on any atom is -0.464 e. The third-order valence-electron chi connectivity index (χ3n) is 4.00. The third-order valence-corrected chi connectivity index (χ3v) is 4.00. The van der Waals surface area contributed by atoms with E-state index in [1.165, 1.54) is 0 Å². The second-order valence-corrected chi connectivity index (χ2v) is 5.79. The van der Waals surface area contributed by atoms with Crippen molar-refractivity contribution in [1.82, 2.24) is 10.6 Å². The van der Waals surface area contributed by atoms with Crippen LogP contribution >= 0.6 is 0 Å². The largest absolute Gasteiger partial charge is 0.464 e. The van der Waals surface area contributed by atoms with E-state index in [4.69, 9.17) is 9.47 Å². The van der Waals surface area contributed by atoms with E-state index in [-0.39, 0.29) is 31.5 Å². The van der Waals surface area contributed by atoms with Gasteiger partial charge in [-0.25, -0.2) is 9.59 Å². The van der Waals surface area contributed by atoms with Gasteiger partial charge in [-0.2, -0.15) is 0 Å². The van der Waals surface area contributed by atoms with E-state index in [1.54, 1.807) is 13.8 Å². The Hall–Kier alpha value is -1.63. The summed E-state index contributed by atoms with van der Waals surface area (Å²) in [5.74, 6) is -1.31. The molecule has 2 N–H and O–H groups in total. The van der Waals surface area contributed by atoms with Crippen molar-refractivity contribution in [2.45, 2.75) is 46.1 Å². The highest BCUT2D eigenvalue weighted by atomic mass is 16.6. The highest BCUT2D eigenvalue weighted by Gasteiger charge is 2.32. The summed E-state index contributed by atoms with van der Waals surface area (Å²) in [5.41, 5.74) is 0. The van der Waals surface area contributed by atoms with Crippen molar-refractivity contribution in [2.24, 2.45) is 11.8 Å². The summed E-state index contributed by atoms with van der Waals surface area (Å²) in [6, 6.07) is -1.39. The van der Waals surface area contributed by atoms with Crippen LogP contribution in [0, 0.1) is 11.8 Å². The Kier molecular flexibility index (Phi) is 8.61. The Balaban J connectivity index is 2.57. The smallest absolute Gasteiger partial charge is 0.340 e. The fourth-order valence-corrected chi connectivity index (χ4v) is 2.71. The normalized spacial score (nSPS) is 19.0. The first kappa shape index (κ1) is 19.4. The van der Waals surface area contributed by atoms with Crippen LogP contribution in [-0.2, 0) is 23.9 Å². The SMILES string of the molecule is CCOC(=O)C(NC(=O)CC(C)C1CCCNC1)C(=O)OCC. The molecule has 0 aliphatic carbocycles. The van der Waals surface area contributed by atoms with Gasteiger partial charge >= 0.3 is 11.9 Å². The summed E-state index contributed by atoms with van der Waals surface area (Å²) < 4.78 is 9.66. The number of hydrogen-bond acceptors (Lipinski definition) is 6. The summed E-state index contributed by atoms with van der Waals surface area (Å²) in [6.07, 6.45) is 2.45. The number of ether oxygens (including phenoxy) is 2. The van der Waals surface area contributed by atoms with Gasteiger partial charge in [0.1, 0.15) is 0 Å². The van der Waals surface area contributed by atoms with Crippen LogP contribution in [0.2, 0.25) is 0 Å². The topological polar surface area (TPSA) is 93.7 Å². The number of piperidine rings is 1. The maximum absolute atomic E-state index is 12.2. The highest BCUT2D eigenvalue weighted by Crippen LogP contribution is 2.22. The quantitative estimate of drug-likeness (QED) is 0.501. The molecule has 7 heteroatoms. The van der Waals surface area contributed by atoms with Crippen LogP contribution in [-0.4, -0.2) is 50.2 Å². The number of esters is 2. The lowest BCUT2D eigenvalue weighted by atomic mass is 9.85. The first-order valence-electron chi connectivity index (χ1n) is 8.32. The summed E-state index contributed by atoms with van der Waals surface area (Å²) in [6.45, 7) is 7.47. The zero-order valence-electron chi connectivity index (χ0n) is 14.2. The van der Waals surface area contributed by atoms with Crippen molar-refractivity contribution in [1.29, 1.82) is 0 Å². The molecule has 23 heavy (non-hydrogen) atoms. The van der Waals surface area contributed by atoms with Crippen LogP contribution in [0.1, 0.15) is 40.0 Å². The van der Waals surface area contributed by atoms with Crippen molar-refractivity contribution in [3.05, 3.63) is 0 Å². The lowest BCUT2D eigenvalue weighted by Crippen LogP contribution is -2.49. The van der Waals surface area contributed by atoms with E-state index in [2.05, 4.69) is 10.6 Å². The first-order valence-corrected chi connectivity index (χ1v) is 8.32. The van der Waals surface area contributed by atoms with Crippen LogP contribution in [0.3, 0.4) is 0 Å². The van der Waals surface area contributed by atoms with Gasteiger partial charge in [0.05, 0.1) is 13.2 Å². The number of carbonyl (C=O) groups is 3. The van der Waals surface area contributed by atoms with Crippen molar-refractivity contribution in [3.63, 3.8) is 0 Å². The predicted octanol–water partition coefficient (Wildman–Crippen LogP) is 0.623. The van der Waals surface area contributed by atoms with Gasteiger partial charge in [0.25, 0.3) is 0 Å². The maximum Gasteiger partial charge on any atom is 0.340 e. The van der Waals surface area contributed by atoms with Gasteiger partial charge in [0, 0.05) is 6.42 Å². The molecule has 0 aromatic carbocycles. The molecule has 1 aliphatic rings. The lowest BCUT2D eigenvalue weighted by Gasteiger charge is -2.28. The molecule has 0 aromatic rings. The van der Waals surface area contributed by atoms with E-state index in [0.717, 1.165) is 25.9 Å². The summed E-state index contributed by atoms with van der Waals surface area (Å²) in [4.78, 5) is 35.8. The van der Waals surface area contributed by atoms with Crippen LogP contribution in [0.4, 0.5) is 0 Å². The Bertz CT molecular complexity index is 389. The van der Waals surface area contributed by atoms with Crippen LogP contribution < -0.4 is 10.6 Å². The zero-order chi connectivity index (χ0) is 17.2. The number of rotatable bonds is 8. The van der Waals surface area contributed by atoms with Gasteiger partial charge in [-0.3, -0.25) is 4.79 Å². The van der Waals surface area contributed by atoms with Crippen LogP contribution in [0.5, 0.6) is 0 Å². The lowest BCUT2D eigenvalue weighted by molar-refractivity contribution is -0.159. The van der Waals surface area contributed by atoms with Crippen molar-refractivity contribution >= 4 is 17.8 Å². The summed E-state index contributed by atoms with van der Waals surface area (Å²) in [7, 11) is 0. The molecule has 0 radical (unpaired) electrons. The predicted molar refractivity (Wildman–Crippen MR) is 84.6 cm³/mol. The van der Waals surface area contributed by atoms with E-state index >= 15 is 0 Å². The molecule has 1 saturated heterocycles. The van der Waals surface area contributed by atoms with E-state index < -0.39 is 18.0 Å². The minimum absolute atomic E-state index is 0.134. The molecule has 132 valence electrons. The van der Waals surface area contributed by atoms with Crippen LogP contribution in [0.15, 0.2) is 0 Å². The standard InChI is InChI=1S/C16H28N2O5/c1-4-22-15(20)14(16(21)23-5-2)18-13(19)9-11(3)12-7-6-8-17-10-12/h11-12,14,17H,4-10H2,1-3H3,(H,18,19). The second-order valence-electron chi connectivity index (χ2n) is 5.79. The van der Waals surface area contributed by atoms with Gasteiger partial charge in [0.15, 0.2) is 0 Å². The van der Waals surface area contributed by atoms with E-state index in [1.807, 2.05) is 6.92 Å². The molecule has 1 amide bonds. The molecular formula is C16H28N2O5. The molecule has 7 nitrogen and oxygen atoms in total. The molecule has 2 unspecified atom stereocenters. The van der Waals surface area contributed by atoms with Gasteiger partial charge in [-0.1, -0.05) is 6.92 Å². The zero-order valence-corrected chi connectivity index (χ0v) is 14.2. The number of hydrogen-bond donors (Lipinski definition) is 2. The molecule has 1 fully saturated rings. The minimum atomic E-state index is -1.39. The molecule has 1 rings (SSSR count). The van der Waals surface area contributed by atoms with Gasteiger partial charge < -0.3 is 20.1 Å². The van der Waals surface area contributed by atoms with Gasteiger partial charge in [-0.05, 0) is 51.6 Å². The van der Waals surface area contributed by atoms with Crippen molar-refractivity contribution in [3.8, 4) is 0 Å². The van der Waals surface area contributed by atoms with Crippen molar-refractivity contribution < 1.29 is 23.9 Å². The molecule has 1 aliphatic heterocycles. The van der Waals surface area contributed by atoms with Crippen molar-refractivity contribution in [2.75, 3.05) is 26.3 Å². The highest BCUT2D eigenvalue weighted by molar-refractivity contribution is 6.02. The fourth-order valence-electron chi connectivity index (χ4n) is 2.71. The average Bonchev–Trinajstić information content (AvgIpc) is 2.53. The molecule has 0 spiro atoms. The number of carbonyl (C=O) groups excluding carboxylic acids is 3. The first-order chi connectivity index (χ1) is 11.0. The second kappa shape index (κ2) is 10.2. The molecule has 0 aromatic heterocycles. The molecule has 0 bridgehead atoms. The molecule has 0 saturated carbocycles. The van der Waals surface area contributed by atoms with E-state index in [9.17, 15) is 14.4 Å². The Morgan fingerprint density at radius 3 is 2.26 bits per heavy atom. The fraction of sp³-hybridized carbons (Fsp3) is 0.812. The average molecular weight is 328 g/mol. The Morgan fingerprint density at radius 2 is 1.78 bits per heavy atom. The van der Waals surface area contributed by atoms with E-state index in [0.29, 0.717) is 5.92 Å². The van der Waals surface area contributed by atoms with Gasteiger partial charge in [0.2, 0.25) is 11.9 Å². The number of amides is 1. The Labute approximate surface area is 137 Å². The monoisotopic (exact) mass is 328 g/mol. The van der Waals surface area contributed by atoms with Gasteiger partial charge in [-0.15, -0.1) is 0 Å². The summed E-state index contributed by atoms with van der Waals surface area (Å²) >= 11 is 0. The summed E-state index contributed by atoms with van der Waals surface area (Å²) in [5, 5.41) is 5.77. The number of nitrogens with one attached hydrogen (secondary N) is 2. The molecule has 1 heterocycles.